The molecule has 0 aliphatic heterocycles. The summed E-state index contributed by atoms with van der Waals surface area (Å²) >= 11 is 0. The van der Waals surface area contributed by atoms with E-state index in [0.29, 0.717) is 17.8 Å². The SMILES string of the molecule is C/C=C\C(CC)c1c2ccccc2c(-c2cccc(-c3cc(C(C)C)nc4c3ccc3ccc(C(C)C)nc34)c2)c2ccccc12. The topological polar surface area (TPSA) is 25.8 Å². The highest BCUT2D eigenvalue weighted by Gasteiger charge is 2.20. The summed E-state index contributed by atoms with van der Waals surface area (Å²) in [7, 11) is 0. The molecule has 5 aromatic carbocycles. The quantitative estimate of drug-likeness (QED) is 0.104. The van der Waals surface area contributed by atoms with E-state index in [2.05, 4.69) is 157 Å². The maximum atomic E-state index is 5.23. The van der Waals surface area contributed by atoms with Crippen LogP contribution in [0.1, 0.15) is 82.7 Å². The third kappa shape index (κ3) is 5.07. The van der Waals surface area contributed by atoms with Crippen LogP contribution in [0.4, 0.5) is 0 Å². The zero-order chi connectivity index (χ0) is 31.9. The highest BCUT2D eigenvalue weighted by Crippen LogP contribution is 2.44. The normalized spacial score (nSPS) is 12.9. The molecule has 0 radical (unpaired) electrons. The van der Waals surface area contributed by atoms with Crippen LogP contribution in [0.3, 0.4) is 0 Å². The van der Waals surface area contributed by atoms with Crippen molar-refractivity contribution >= 4 is 43.4 Å². The summed E-state index contributed by atoms with van der Waals surface area (Å²) in [5.74, 6) is 1.00. The number of allylic oxidation sites excluding steroid dienone is 2. The van der Waals surface area contributed by atoms with Gasteiger partial charge in [0.1, 0.15) is 0 Å². The molecule has 46 heavy (non-hydrogen) atoms. The minimum Gasteiger partial charge on any atom is -0.250 e. The van der Waals surface area contributed by atoms with Crippen molar-refractivity contribution in [2.45, 2.75) is 65.7 Å². The number of hydrogen-bond donors (Lipinski definition) is 0. The van der Waals surface area contributed by atoms with Crippen LogP contribution in [-0.2, 0) is 0 Å². The molecular formula is C44H42N2. The fourth-order valence-corrected chi connectivity index (χ4v) is 7.15. The van der Waals surface area contributed by atoms with Gasteiger partial charge < -0.3 is 0 Å². The number of nitrogens with zero attached hydrogens (tertiary/aromatic N) is 2. The van der Waals surface area contributed by atoms with Crippen molar-refractivity contribution in [2.24, 2.45) is 0 Å². The number of benzene rings is 5. The maximum absolute atomic E-state index is 5.23. The van der Waals surface area contributed by atoms with E-state index in [9.17, 15) is 0 Å². The van der Waals surface area contributed by atoms with Crippen LogP contribution in [0.5, 0.6) is 0 Å². The van der Waals surface area contributed by atoms with Crippen LogP contribution >= 0.6 is 0 Å². The molecule has 7 aromatic rings. The van der Waals surface area contributed by atoms with Gasteiger partial charge in [0.15, 0.2) is 0 Å². The van der Waals surface area contributed by atoms with Crippen molar-refractivity contribution in [2.75, 3.05) is 0 Å². The van der Waals surface area contributed by atoms with Gasteiger partial charge in [0.05, 0.1) is 11.0 Å². The molecule has 2 heterocycles. The molecule has 0 aliphatic carbocycles. The van der Waals surface area contributed by atoms with Crippen LogP contribution in [0.25, 0.3) is 65.6 Å². The van der Waals surface area contributed by atoms with Crippen LogP contribution in [0.2, 0.25) is 0 Å². The van der Waals surface area contributed by atoms with E-state index in [4.69, 9.17) is 9.97 Å². The molecule has 7 rings (SSSR count). The summed E-state index contributed by atoms with van der Waals surface area (Å²) in [6, 6.07) is 38.2. The van der Waals surface area contributed by atoms with Crippen LogP contribution in [0.15, 0.2) is 115 Å². The molecule has 0 N–H and O–H groups in total. The molecule has 0 saturated carbocycles. The van der Waals surface area contributed by atoms with E-state index in [1.807, 2.05) is 0 Å². The van der Waals surface area contributed by atoms with E-state index in [1.165, 1.54) is 49.4 Å². The minimum atomic E-state index is 0.291. The Kier molecular flexibility index (Phi) is 7.90. The number of rotatable bonds is 7. The second-order valence-electron chi connectivity index (χ2n) is 13.2. The summed E-state index contributed by atoms with van der Waals surface area (Å²) < 4.78 is 0. The summed E-state index contributed by atoms with van der Waals surface area (Å²) in [5.41, 5.74) is 10.5. The Morgan fingerprint density at radius 2 is 1.20 bits per heavy atom. The third-order valence-electron chi connectivity index (χ3n) is 9.53. The summed E-state index contributed by atoms with van der Waals surface area (Å²) in [6.45, 7) is 13.3. The standard InChI is InChI=1S/C44H42N2/c1-7-14-29(8-2)41-33-17-9-11-19-35(33)42(36-20-12-10-18-34(36)41)32-16-13-15-31(25-32)38-26-40(28(5)6)46-44-37(38)23-21-30-22-24-39(27(3)4)45-43(30)44/h7,9-29H,8H2,1-6H3/b14-7-. The maximum Gasteiger partial charge on any atom is 0.0974 e. The second kappa shape index (κ2) is 12.2. The molecule has 0 aliphatic rings. The van der Waals surface area contributed by atoms with Crippen LogP contribution in [0, 0.1) is 0 Å². The highest BCUT2D eigenvalue weighted by atomic mass is 14.8. The third-order valence-corrected chi connectivity index (χ3v) is 9.53. The number of fused-ring (bicyclic) bond motifs is 5. The number of aromatic nitrogens is 2. The van der Waals surface area contributed by atoms with Gasteiger partial charge in [-0.1, -0.05) is 132 Å². The molecule has 228 valence electrons. The molecule has 0 saturated heterocycles. The smallest absolute Gasteiger partial charge is 0.0974 e. The van der Waals surface area contributed by atoms with Crippen molar-refractivity contribution in [3.8, 4) is 22.3 Å². The van der Waals surface area contributed by atoms with Gasteiger partial charge >= 0.3 is 0 Å². The van der Waals surface area contributed by atoms with Crippen LogP contribution in [-0.4, -0.2) is 9.97 Å². The summed E-state index contributed by atoms with van der Waals surface area (Å²) in [6.07, 6.45) is 5.61. The Morgan fingerprint density at radius 1 is 0.587 bits per heavy atom. The van der Waals surface area contributed by atoms with Gasteiger partial charge in [0.25, 0.3) is 0 Å². The lowest BCUT2D eigenvalue weighted by atomic mass is 9.82. The lowest BCUT2D eigenvalue weighted by Gasteiger charge is -2.21. The Labute approximate surface area is 272 Å². The van der Waals surface area contributed by atoms with Gasteiger partial charge in [-0.05, 0) is 92.7 Å². The molecule has 2 nitrogen and oxygen atoms in total. The van der Waals surface area contributed by atoms with Crippen molar-refractivity contribution < 1.29 is 0 Å². The molecule has 0 spiro atoms. The first-order chi connectivity index (χ1) is 22.4. The molecule has 1 atom stereocenters. The Hall–Kier alpha value is -4.82. The second-order valence-corrected chi connectivity index (χ2v) is 13.2. The zero-order valence-corrected chi connectivity index (χ0v) is 27.8. The lowest BCUT2D eigenvalue weighted by Crippen LogP contribution is -1.99. The monoisotopic (exact) mass is 598 g/mol. The van der Waals surface area contributed by atoms with Gasteiger partial charge in [-0.25, -0.2) is 0 Å². The minimum absolute atomic E-state index is 0.291. The van der Waals surface area contributed by atoms with Gasteiger partial charge in [0.2, 0.25) is 0 Å². The van der Waals surface area contributed by atoms with E-state index in [1.54, 1.807) is 0 Å². The molecule has 0 amide bonds. The van der Waals surface area contributed by atoms with Crippen molar-refractivity contribution in [3.05, 3.63) is 132 Å². The predicted octanol–water partition coefficient (Wildman–Crippen LogP) is 12.7. The first-order valence-electron chi connectivity index (χ1n) is 16.8. The average Bonchev–Trinajstić information content (AvgIpc) is 3.08. The van der Waals surface area contributed by atoms with E-state index >= 15 is 0 Å². The molecule has 2 aromatic heterocycles. The summed E-state index contributed by atoms with van der Waals surface area (Å²) in [5, 5.41) is 7.55. The average molecular weight is 599 g/mol. The van der Waals surface area contributed by atoms with Crippen molar-refractivity contribution in [1.82, 2.24) is 9.97 Å². The Morgan fingerprint density at radius 3 is 1.83 bits per heavy atom. The van der Waals surface area contributed by atoms with E-state index in [-0.39, 0.29) is 0 Å². The van der Waals surface area contributed by atoms with E-state index < -0.39 is 0 Å². The molecule has 0 bridgehead atoms. The van der Waals surface area contributed by atoms with Crippen LogP contribution < -0.4 is 0 Å². The van der Waals surface area contributed by atoms with Crippen molar-refractivity contribution in [1.29, 1.82) is 0 Å². The fourth-order valence-electron chi connectivity index (χ4n) is 7.15. The largest absolute Gasteiger partial charge is 0.250 e. The first kappa shape index (κ1) is 29.9. The number of pyridine rings is 2. The Bertz CT molecular complexity index is 2210. The van der Waals surface area contributed by atoms with E-state index in [0.717, 1.165) is 39.6 Å². The van der Waals surface area contributed by atoms with Crippen molar-refractivity contribution in [3.63, 3.8) is 0 Å². The van der Waals surface area contributed by atoms with Gasteiger partial charge in [-0.2, -0.15) is 0 Å². The summed E-state index contributed by atoms with van der Waals surface area (Å²) in [4.78, 5) is 10.4. The molecule has 1 unspecified atom stereocenters. The molecular weight excluding hydrogens is 556 g/mol. The fraction of sp³-hybridized carbons (Fsp3) is 0.227. The lowest BCUT2D eigenvalue weighted by molar-refractivity contribution is 0.817. The first-order valence-corrected chi connectivity index (χ1v) is 16.8. The molecule has 2 heteroatoms. The van der Waals surface area contributed by atoms with Gasteiger partial charge in [0, 0.05) is 28.1 Å². The zero-order valence-electron chi connectivity index (χ0n) is 27.8. The number of hydrogen-bond acceptors (Lipinski definition) is 2. The highest BCUT2D eigenvalue weighted by molar-refractivity contribution is 6.16. The Balaban J connectivity index is 1.51. The predicted molar refractivity (Wildman–Crippen MR) is 199 cm³/mol. The van der Waals surface area contributed by atoms with Gasteiger partial charge in [-0.15, -0.1) is 0 Å². The van der Waals surface area contributed by atoms with Gasteiger partial charge in [-0.3, -0.25) is 9.97 Å². The molecule has 0 fully saturated rings.